The first-order valence-electron chi connectivity index (χ1n) is 8.28. The molecule has 2 aliphatic carbocycles. The molecular formula is C16H28N2. The van der Waals surface area contributed by atoms with Crippen molar-refractivity contribution in [2.75, 3.05) is 19.6 Å². The molecule has 5 rings (SSSR count). The topological polar surface area (TPSA) is 15.3 Å². The van der Waals surface area contributed by atoms with Gasteiger partial charge in [0.25, 0.3) is 0 Å². The highest BCUT2D eigenvalue weighted by molar-refractivity contribution is 4.97. The number of piperidine rings is 3. The smallest absolute Gasteiger partial charge is 0.0226 e. The van der Waals surface area contributed by atoms with Crippen molar-refractivity contribution in [3.05, 3.63) is 0 Å². The van der Waals surface area contributed by atoms with Gasteiger partial charge in [-0.2, -0.15) is 0 Å². The van der Waals surface area contributed by atoms with Gasteiger partial charge in [0, 0.05) is 18.6 Å². The molecule has 2 saturated carbocycles. The number of hydrogen-bond acceptors (Lipinski definition) is 2. The maximum absolute atomic E-state index is 4.04. The Morgan fingerprint density at radius 3 is 2.39 bits per heavy atom. The van der Waals surface area contributed by atoms with Gasteiger partial charge in [-0.3, -0.25) is 0 Å². The third kappa shape index (κ3) is 1.92. The van der Waals surface area contributed by atoms with Crippen LogP contribution in [0.25, 0.3) is 0 Å². The molecule has 0 aromatic heterocycles. The van der Waals surface area contributed by atoms with Gasteiger partial charge in [-0.25, -0.2) is 0 Å². The first kappa shape index (κ1) is 11.7. The van der Waals surface area contributed by atoms with Gasteiger partial charge < -0.3 is 10.2 Å². The van der Waals surface area contributed by atoms with Crippen molar-refractivity contribution in [3.63, 3.8) is 0 Å². The Kier molecular flexibility index (Phi) is 2.92. The average molecular weight is 248 g/mol. The zero-order chi connectivity index (χ0) is 12.1. The molecule has 0 aromatic rings. The number of fused-ring (bicyclic) bond motifs is 5. The number of rotatable bonds is 3. The second-order valence-corrected chi connectivity index (χ2v) is 7.54. The molecule has 3 aliphatic heterocycles. The van der Waals surface area contributed by atoms with E-state index in [1.54, 1.807) is 6.42 Å². The summed E-state index contributed by atoms with van der Waals surface area (Å²) in [5.41, 5.74) is 0. The molecule has 5 atom stereocenters. The minimum Gasteiger partial charge on any atom is -0.310 e. The van der Waals surface area contributed by atoms with E-state index >= 15 is 0 Å². The highest BCUT2D eigenvalue weighted by Crippen LogP contribution is 2.49. The maximum Gasteiger partial charge on any atom is 0.0226 e. The molecule has 2 nitrogen and oxygen atoms in total. The second-order valence-electron chi connectivity index (χ2n) is 7.54. The van der Waals surface area contributed by atoms with Gasteiger partial charge in [-0.1, -0.05) is 6.42 Å². The normalized spacial score (nSPS) is 51.8. The van der Waals surface area contributed by atoms with E-state index in [-0.39, 0.29) is 0 Å². The molecule has 5 unspecified atom stereocenters. The van der Waals surface area contributed by atoms with Crippen molar-refractivity contribution in [2.45, 2.75) is 57.5 Å². The van der Waals surface area contributed by atoms with E-state index in [0.717, 1.165) is 35.8 Å². The van der Waals surface area contributed by atoms with Gasteiger partial charge in [0.2, 0.25) is 0 Å². The summed E-state index contributed by atoms with van der Waals surface area (Å²) in [5.74, 6) is 4.14. The Bertz CT molecular complexity index is 308. The summed E-state index contributed by atoms with van der Waals surface area (Å²) in [6.07, 6.45) is 9.04. The third-order valence-electron chi connectivity index (χ3n) is 6.57. The zero-order valence-electron chi connectivity index (χ0n) is 11.8. The van der Waals surface area contributed by atoms with Crippen LogP contribution in [0.15, 0.2) is 0 Å². The summed E-state index contributed by atoms with van der Waals surface area (Å²) in [4.78, 5) is 2.67. The fraction of sp³-hybridized carbons (Fsp3) is 1.00. The van der Waals surface area contributed by atoms with Crippen molar-refractivity contribution in [3.8, 4) is 0 Å². The van der Waals surface area contributed by atoms with Crippen LogP contribution in [0.4, 0.5) is 0 Å². The molecule has 18 heavy (non-hydrogen) atoms. The minimum atomic E-state index is 0.769. The second kappa shape index (κ2) is 4.49. The zero-order valence-corrected chi connectivity index (χ0v) is 11.8. The molecule has 5 aliphatic rings. The van der Waals surface area contributed by atoms with E-state index < -0.39 is 0 Å². The largest absolute Gasteiger partial charge is 0.310 e. The minimum absolute atomic E-state index is 0.769. The van der Waals surface area contributed by atoms with Crippen LogP contribution in [-0.2, 0) is 0 Å². The number of hydrogen-bond donors (Lipinski definition) is 1. The Hall–Kier alpha value is -0.0800. The fourth-order valence-corrected chi connectivity index (χ4v) is 5.52. The highest BCUT2D eigenvalue weighted by Gasteiger charge is 2.43. The molecule has 0 radical (unpaired) electrons. The lowest BCUT2D eigenvalue weighted by molar-refractivity contribution is 0.0607. The Morgan fingerprint density at radius 1 is 1.00 bits per heavy atom. The molecule has 0 amide bonds. The monoisotopic (exact) mass is 248 g/mol. The maximum atomic E-state index is 4.04. The SMILES string of the molecule is CC(NC1CN2CCC1CC2)C1CC2CCC1C2. The standard InChI is InChI=1S/C16H28N2/c1-11(15-9-12-2-3-14(15)8-12)17-16-10-18-6-4-13(16)5-7-18/h11-17H,2-10H2,1H3. The fourth-order valence-electron chi connectivity index (χ4n) is 5.52. The van der Waals surface area contributed by atoms with E-state index in [1.165, 1.54) is 51.7 Å². The van der Waals surface area contributed by atoms with Crippen LogP contribution in [0.5, 0.6) is 0 Å². The van der Waals surface area contributed by atoms with E-state index in [4.69, 9.17) is 0 Å². The van der Waals surface area contributed by atoms with Crippen molar-refractivity contribution in [1.29, 1.82) is 0 Å². The quantitative estimate of drug-likeness (QED) is 0.825. The van der Waals surface area contributed by atoms with Crippen LogP contribution in [0.1, 0.15) is 45.4 Å². The van der Waals surface area contributed by atoms with E-state index in [0.29, 0.717) is 0 Å². The average Bonchev–Trinajstić information content (AvgIpc) is 3.02. The van der Waals surface area contributed by atoms with Crippen LogP contribution < -0.4 is 5.32 Å². The summed E-state index contributed by atoms with van der Waals surface area (Å²) in [7, 11) is 0. The number of nitrogens with zero attached hydrogens (tertiary/aromatic N) is 1. The molecule has 2 heteroatoms. The van der Waals surface area contributed by atoms with Crippen molar-refractivity contribution in [2.24, 2.45) is 23.7 Å². The lowest BCUT2D eigenvalue weighted by Crippen LogP contribution is -2.58. The molecule has 1 N–H and O–H groups in total. The number of nitrogens with one attached hydrogen (secondary N) is 1. The highest BCUT2D eigenvalue weighted by atomic mass is 15.2. The Morgan fingerprint density at radius 2 is 1.83 bits per heavy atom. The molecule has 5 fully saturated rings. The van der Waals surface area contributed by atoms with Gasteiger partial charge in [-0.05, 0) is 75.8 Å². The molecule has 0 spiro atoms. The van der Waals surface area contributed by atoms with Gasteiger partial charge in [0.15, 0.2) is 0 Å². The Balaban J connectivity index is 1.37. The Labute approximate surface area is 111 Å². The van der Waals surface area contributed by atoms with Crippen LogP contribution in [0.2, 0.25) is 0 Å². The van der Waals surface area contributed by atoms with Gasteiger partial charge in [-0.15, -0.1) is 0 Å². The van der Waals surface area contributed by atoms with Crippen molar-refractivity contribution >= 4 is 0 Å². The van der Waals surface area contributed by atoms with Gasteiger partial charge in [0.05, 0.1) is 0 Å². The van der Waals surface area contributed by atoms with Gasteiger partial charge >= 0.3 is 0 Å². The van der Waals surface area contributed by atoms with Crippen molar-refractivity contribution < 1.29 is 0 Å². The summed E-state index contributed by atoms with van der Waals surface area (Å²) >= 11 is 0. The molecule has 0 aromatic carbocycles. The predicted molar refractivity (Wildman–Crippen MR) is 74.5 cm³/mol. The first-order valence-corrected chi connectivity index (χ1v) is 8.28. The molecule has 3 heterocycles. The molecule has 4 bridgehead atoms. The van der Waals surface area contributed by atoms with E-state index in [9.17, 15) is 0 Å². The summed E-state index contributed by atoms with van der Waals surface area (Å²) in [6.45, 7) is 6.54. The summed E-state index contributed by atoms with van der Waals surface area (Å²) in [6, 6.07) is 1.58. The van der Waals surface area contributed by atoms with E-state index in [2.05, 4.69) is 17.1 Å². The molecular weight excluding hydrogens is 220 g/mol. The van der Waals surface area contributed by atoms with Crippen molar-refractivity contribution in [1.82, 2.24) is 10.2 Å². The molecule has 102 valence electrons. The third-order valence-corrected chi connectivity index (χ3v) is 6.57. The lowest BCUT2D eigenvalue weighted by atomic mass is 9.80. The van der Waals surface area contributed by atoms with Crippen LogP contribution in [0, 0.1) is 23.7 Å². The lowest BCUT2D eigenvalue weighted by Gasteiger charge is -2.47. The summed E-state index contributed by atoms with van der Waals surface area (Å²) in [5, 5.41) is 4.04. The van der Waals surface area contributed by atoms with Gasteiger partial charge in [0.1, 0.15) is 0 Å². The van der Waals surface area contributed by atoms with Crippen LogP contribution in [-0.4, -0.2) is 36.6 Å². The molecule has 3 saturated heterocycles. The summed E-state index contributed by atoms with van der Waals surface area (Å²) < 4.78 is 0. The van der Waals surface area contributed by atoms with Crippen LogP contribution >= 0.6 is 0 Å². The van der Waals surface area contributed by atoms with E-state index in [1.807, 2.05) is 0 Å². The van der Waals surface area contributed by atoms with Crippen LogP contribution in [0.3, 0.4) is 0 Å². The first-order chi connectivity index (χ1) is 8.79. The predicted octanol–water partition coefficient (Wildman–Crippen LogP) is 2.49.